The fourth-order valence-electron chi connectivity index (χ4n) is 2.11. The summed E-state index contributed by atoms with van der Waals surface area (Å²) in [7, 11) is 0. The smallest absolute Gasteiger partial charge is 0.253 e. The van der Waals surface area contributed by atoms with Gasteiger partial charge in [0.1, 0.15) is 0 Å². The Morgan fingerprint density at radius 1 is 1.41 bits per heavy atom. The summed E-state index contributed by atoms with van der Waals surface area (Å²) in [4.78, 5) is 15.3. The van der Waals surface area contributed by atoms with Crippen LogP contribution in [-0.4, -0.2) is 24.0 Å². The molecule has 0 aliphatic rings. The lowest BCUT2D eigenvalue weighted by atomic mass is 10.1. The summed E-state index contributed by atoms with van der Waals surface area (Å²) in [5.74, 6) is -0.0616. The van der Waals surface area contributed by atoms with Gasteiger partial charge in [-0.3, -0.25) is 4.79 Å². The lowest BCUT2D eigenvalue weighted by molar-refractivity contribution is 0.0956. The molecule has 0 aliphatic carbocycles. The predicted octanol–water partition coefficient (Wildman–Crippen LogP) is 1.47. The first-order valence-electron chi connectivity index (χ1n) is 5.71. The number of hydrogen-bond donors (Lipinski definition) is 3. The zero-order valence-corrected chi connectivity index (χ0v) is 10.1. The topological polar surface area (TPSA) is 70.9 Å². The number of aromatic amines is 1. The molecule has 0 bridgehead atoms. The molecular weight excluding hydrogens is 214 g/mol. The highest BCUT2D eigenvalue weighted by Crippen LogP contribution is 2.25. The molecule has 2 rings (SSSR count). The van der Waals surface area contributed by atoms with Crippen LogP contribution in [0.15, 0.2) is 18.2 Å². The Labute approximate surface area is 100 Å². The third kappa shape index (κ3) is 2.03. The SMILES string of the molecule is Cc1[nH]c2cccc(C)c2c1C(=O)NCCN. The summed E-state index contributed by atoms with van der Waals surface area (Å²) < 4.78 is 0. The van der Waals surface area contributed by atoms with E-state index in [4.69, 9.17) is 5.73 Å². The van der Waals surface area contributed by atoms with E-state index in [-0.39, 0.29) is 5.91 Å². The molecule has 0 saturated heterocycles. The first-order chi connectivity index (χ1) is 8.15. The quantitative estimate of drug-likeness (QED) is 0.748. The Morgan fingerprint density at radius 2 is 2.18 bits per heavy atom. The van der Waals surface area contributed by atoms with Crippen LogP contribution in [-0.2, 0) is 0 Å². The van der Waals surface area contributed by atoms with E-state index in [0.29, 0.717) is 13.1 Å². The van der Waals surface area contributed by atoms with Crippen molar-refractivity contribution >= 4 is 16.8 Å². The average molecular weight is 231 g/mol. The summed E-state index contributed by atoms with van der Waals surface area (Å²) in [6.45, 7) is 4.87. The van der Waals surface area contributed by atoms with Crippen LogP contribution >= 0.6 is 0 Å². The van der Waals surface area contributed by atoms with Crippen LogP contribution < -0.4 is 11.1 Å². The predicted molar refractivity (Wildman–Crippen MR) is 69.2 cm³/mol. The average Bonchev–Trinajstić information content (AvgIpc) is 2.64. The molecule has 1 aromatic carbocycles. The number of rotatable bonds is 3. The molecule has 2 aromatic rings. The summed E-state index contributed by atoms with van der Waals surface area (Å²) in [6.07, 6.45) is 0. The van der Waals surface area contributed by atoms with Gasteiger partial charge in [0, 0.05) is 29.7 Å². The van der Waals surface area contributed by atoms with Gasteiger partial charge in [0.25, 0.3) is 5.91 Å². The molecule has 90 valence electrons. The minimum absolute atomic E-state index is 0.0616. The number of aromatic nitrogens is 1. The lowest BCUT2D eigenvalue weighted by Crippen LogP contribution is -2.29. The maximum Gasteiger partial charge on any atom is 0.253 e. The van der Waals surface area contributed by atoms with Crippen molar-refractivity contribution in [2.45, 2.75) is 13.8 Å². The van der Waals surface area contributed by atoms with E-state index in [1.807, 2.05) is 32.0 Å². The second-order valence-corrected chi connectivity index (χ2v) is 4.17. The van der Waals surface area contributed by atoms with Crippen LogP contribution in [0.2, 0.25) is 0 Å². The maximum absolute atomic E-state index is 12.1. The second kappa shape index (κ2) is 4.59. The standard InChI is InChI=1S/C13H17N3O/c1-8-4-3-5-10-11(8)12(9(2)16-10)13(17)15-7-6-14/h3-5,16H,6-7,14H2,1-2H3,(H,15,17). The molecule has 17 heavy (non-hydrogen) atoms. The second-order valence-electron chi connectivity index (χ2n) is 4.17. The van der Waals surface area contributed by atoms with Gasteiger partial charge in [0.2, 0.25) is 0 Å². The van der Waals surface area contributed by atoms with Gasteiger partial charge in [-0.15, -0.1) is 0 Å². The van der Waals surface area contributed by atoms with Crippen LogP contribution in [0.25, 0.3) is 10.9 Å². The summed E-state index contributed by atoms with van der Waals surface area (Å²) >= 11 is 0. The van der Waals surface area contributed by atoms with E-state index in [9.17, 15) is 4.79 Å². The molecule has 0 radical (unpaired) electrons. The van der Waals surface area contributed by atoms with E-state index in [0.717, 1.165) is 27.7 Å². The van der Waals surface area contributed by atoms with Gasteiger partial charge >= 0.3 is 0 Å². The molecular formula is C13H17N3O. The molecule has 0 unspecified atom stereocenters. The van der Waals surface area contributed by atoms with Gasteiger partial charge in [-0.2, -0.15) is 0 Å². The number of H-pyrrole nitrogens is 1. The van der Waals surface area contributed by atoms with E-state index >= 15 is 0 Å². The van der Waals surface area contributed by atoms with Crippen LogP contribution in [0.5, 0.6) is 0 Å². The number of aryl methyl sites for hydroxylation is 2. The highest BCUT2D eigenvalue weighted by Gasteiger charge is 2.16. The van der Waals surface area contributed by atoms with Gasteiger partial charge in [-0.1, -0.05) is 12.1 Å². The van der Waals surface area contributed by atoms with Crippen molar-refractivity contribution in [1.29, 1.82) is 0 Å². The minimum Gasteiger partial charge on any atom is -0.358 e. The zero-order chi connectivity index (χ0) is 12.4. The van der Waals surface area contributed by atoms with Crippen LogP contribution in [0, 0.1) is 13.8 Å². The van der Waals surface area contributed by atoms with Crippen molar-refractivity contribution in [1.82, 2.24) is 10.3 Å². The molecule has 0 saturated carbocycles. The first kappa shape index (κ1) is 11.7. The van der Waals surface area contributed by atoms with Gasteiger partial charge in [-0.05, 0) is 25.5 Å². The summed E-state index contributed by atoms with van der Waals surface area (Å²) in [5.41, 5.74) is 9.11. The molecule has 4 N–H and O–H groups in total. The Kier molecular flexibility index (Phi) is 3.15. The lowest BCUT2D eigenvalue weighted by Gasteiger charge is -2.04. The van der Waals surface area contributed by atoms with Gasteiger partial charge < -0.3 is 16.0 Å². The van der Waals surface area contributed by atoms with Crippen molar-refractivity contribution in [3.8, 4) is 0 Å². The number of nitrogens with one attached hydrogen (secondary N) is 2. The van der Waals surface area contributed by atoms with Gasteiger partial charge in [0.05, 0.1) is 5.56 Å². The number of hydrogen-bond acceptors (Lipinski definition) is 2. The maximum atomic E-state index is 12.1. The number of fused-ring (bicyclic) bond motifs is 1. The molecule has 1 aromatic heterocycles. The molecule has 4 nitrogen and oxygen atoms in total. The third-order valence-electron chi connectivity index (χ3n) is 2.88. The van der Waals surface area contributed by atoms with Crippen molar-refractivity contribution in [3.05, 3.63) is 35.0 Å². The largest absolute Gasteiger partial charge is 0.358 e. The number of amides is 1. The fourth-order valence-corrected chi connectivity index (χ4v) is 2.11. The van der Waals surface area contributed by atoms with Crippen molar-refractivity contribution in [3.63, 3.8) is 0 Å². The molecule has 0 fully saturated rings. The zero-order valence-electron chi connectivity index (χ0n) is 10.1. The first-order valence-corrected chi connectivity index (χ1v) is 5.71. The van der Waals surface area contributed by atoms with Gasteiger partial charge in [0.15, 0.2) is 0 Å². The number of carbonyl (C=O) groups is 1. The molecule has 1 heterocycles. The molecule has 1 amide bonds. The fraction of sp³-hybridized carbons (Fsp3) is 0.308. The number of carbonyl (C=O) groups excluding carboxylic acids is 1. The van der Waals surface area contributed by atoms with E-state index in [1.54, 1.807) is 0 Å². The van der Waals surface area contributed by atoms with Crippen molar-refractivity contribution in [2.24, 2.45) is 5.73 Å². The van der Waals surface area contributed by atoms with E-state index < -0.39 is 0 Å². The van der Waals surface area contributed by atoms with Crippen LogP contribution in [0.4, 0.5) is 0 Å². The summed E-state index contributed by atoms with van der Waals surface area (Å²) in [6, 6.07) is 5.97. The monoisotopic (exact) mass is 231 g/mol. The Hall–Kier alpha value is -1.81. The molecule has 4 heteroatoms. The molecule has 0 aliphatic heterocycles. The number of benzene rings is 1. The molecule has 0 spiro atoms. The normalized spacial score (nSPS) is 10.8. The van der Waals surface area contributed by atoms with Crippen LogP contribution in [0.3, 0.4) is 0 Å². The van der Waals surface area contributed by atoms with Gasteiger partial charge in [-0.25, -0.2) is 0 Å². The van der Waals surface area contributed by atoms with E-state index in [2.05, 4.69) is 10.3 Å². The highest BCUT2D eigenvalue weighted by atomic mass is 16.1. The van der Waals surface area contributed by atoms with Crippen LogP contribution in [0.1, 0.15) is 21.6 Å². The highest BCUT2D eigenvalue weighted by molar-refractivity contribution is 6.09. The number of nitrogens with two attached hydrogens (primary N) is 1. The third-order valence-corrected chi connectivity index (χ3v) is 2.88. The Bertz CT molecular complexity index is 557. The Balaban J connectivity index is 2.52. The van der Waals surface area contributed by atoms with E-state index in [1.165, 1.54) is 0 Å². The Morgan fingerprint density at radius 3 is 2.88 bits per heavy atom. The minimum atomic E-state index is -0.0616. The molecule has 0 atom stereocenters. The van der Waals surface area contributed by atoms with Crippen molar-refractivity contribution < 1.29 is 4.79 Å². The summed E-state index contributed by atoms with van der Waals surface area (Å²) in [5, 5.41) is 3.81. The van der Waals surface area contributed by atoms with Crippen molar-refractivity contribution in [2.75, 3.05) is 13.1 Å².